The molecule has 0 amide bonds. The van der Waals surface area contributed by atoms with Gasteiger partial charge in [-0.25, -0.2) is 0 Å². The molecule has 35 heavy (non-hydrogen) atoms. The van der Waals surface area contributed by atoms with Crippen LogP contribution in [0, 0.1) is 0 Å². The predicted octanol–water partition coefficient (Wildman–Crippen LogP) is -5.97. The van der Waals surface area contributed by atoms with Gasteiger partial charge in [0.2, 0.25) is 0 Å². The number of aliphatic carboxylic acids is 2. The van der Waals surface area contributed by atoms with Crippen molar-refractivity contribution in [2.75, 3.05) is 26.2 Å². The number of hydrogen-bond acceptors (Lipinski definition) is 10. The van der Waals surface area contributed by atoms with E-state index in [1.54, 1.807) is 36.9 Å². The summed E-state index contributed by atoms with van der Waals surface area (Å²) in [5, 5.41) is 20.1. The molecule has 14 nitrogen and oxygen atoms in total. The van der Waals surface area contributed by atoms with Crippen LogP contribution in [0.3, 0.4) is 0 Å². The minimum absolute atomic E-state index is 0. The Morgan fingerprint density at radius 3 is 1.11 bits per heavy atom. The maximum absolute atomic E-state index is 10.0. The number of aromatic nitrogens is 2. The molecule has 15 heteroatoms. The van der Waals surface area contributed by atoms with Crippen molar-refractivity contribution in [2.24, 2.45) is 22.9 Å². The molecule has 0 fully saturated rings. The summed E-state index contributed by atoms with van der Waals surface area (Å²) in [6, 6.07) is 7.25. The van der Waals surface area contributed by atoms with Crippen molar-refractivity contribution in [3.63, 3.8) is 0 Å². The molecule has 0 unspecified atom stereocenters. The van der Waals surface area contributed by atoms with Crippen LogP contribution in [0.5, 0.6) is 0 Å². The summed E-state index contributed by atoms with van der Waals surface area (Å²) >= 11 is 0. The number of nitrogens with zero attached hydrogens (tertiary/aromatic N) is 2. The maximum Gasteiger partial charge on any atom is 2.00 e. The summed E-state index contributed by atoms with van der Waals surface area (Å²) < 4.78 is 0. The summed E-state index contributed by atoms with van der Waals surface area (Å²) in [7, 11) is 0. The van der Waals surface area contributed by atoms with E-state index >= 15 is 0 Å². The van der Waals surface area contributed by atoms with Gasteiger partial charge in [0.15, 0.2) is 0 Å². The van der Waals surface area contributed by atoms with Gasteiger partial charge in [0.05, 0.1) is 0 Å². The van der Waals surface area contributed by atoms with Crippen LogP contribution < -0.4 is 33.1 Å². The van der Waals surface area contributed by atoms with E-state index in [9.17, 15) is 19.8 Å². The van der Waals surface area contributed by atoms with Crippen molar-refractivity contribution in [3.05, 3.63) is 60.2 Å². The van der Waals surface area contributed by atoms with Crippen molar-refractivity contribution in [1.29, 1.82) is 0 Å². The Hall–Kier alpha value is -2.56. The van der Waals surface area contributed by atoms with E-state index in [0.29, 0.717) is 39.0 Å². The first kappa shape index (κ1) is 49.5. The van der Waals surface area contributed by atoms with Gasteiger partial charge in [-0.05, 0) is 48.9 Å². The molecule has 0 spiro atoms. The smallest absolute Gasteiger partial charge is 0.550 e. The number of carboxylic acid groups (broad SMARTS) is 2. The van der Waals surface area contributed by atoms with Crippen LogP contribution in [-0.4, -0.2) is 70.0 Å². The fourth-order valence-corrected chi connectivity index (χ4v) is 1.58. The van der Waals surface area contributed by atoms with Gasteiger partial charge in [0.25, 0.3) is 0 Å². The van der Waals surface area contributed by atoms with Crippen LogP contribution in [0.25, 0.3) is 0 Å². The quantitative estimate of drug-likeness (QED) is 0.223. The zero-order chi connectivity index (χ0) is 23.0. The topological polar surface area (TPSA) is 336 Å². The molecule has 0 atom stereocenters. The summed E-state index contributed by atoms with van der Waals surface area (Å²) in [4.78, 5) is 27.8. The second-order valence-electron chi connectivity index (χ2n) is 5.62. The van der Waals surface area contributed by atoms with E-state index in [4.69, 9.17) is 22.9 Å². The molecule has 0 bridgehead atoms. The van der Waals surface area contributed by atoms with Crippen molar-refractivity contribution >= 4 is 11.9 Å². The fraction of sp³-hybridized carbons (Fsp3) is 0.400. The first-order chi connectivity index (χ1) is 14.4. The van der Waals surface area contributed by atoms with E-state index in [2.05, 4.69) is 9.97 Å². The Morgan fingerprint density at radius 1 is 0.657 bits per heavy atom. The molecular formula is C20H40CuN6O8. The molecule has 16 N–H and O–H groups in total. The van der Waals surface area contributed by atoms with Crippen LogP contribution in [0.15, 0.2) is 49.1 Å². The van der Waals surface area contributed by atoms with Gasteiger partial charge in [0.1, 0.15) is 0 Å². The van der Waals surface area contributed by atoms with E-state index in [-0.39, 0.29) is 51.8 Å². The molecule has 2 rings (SSSR count). The molecule has 0 aliphatic carbocycles. The molecule has 2 heterocycles. The van der Waals surface area contributed by atoms with E-state index in [0.717, 1.165) is 11.1 Å². The third kappa shape index (κ3) is 42.1. The van der Waals surface area contributed by atoms with Crippen LogP contribution in [0.4, 0.5) is 0 Å². The number of aryl methyl sites for hydroxylation is 2. The zero-order valence-electron chi connectivity index (χ0n) is 19.4. The zero-order valence-corrected chi connectivity index (χ0v) is 20.4. The van der Waals surface area contributed by atoms with Gasteiger partial charge < -0.3 is 64.6 Å². The molecule has 0 saturated heterocycles. The average Bonchev–Trinajstić information content (AvgIpc) is 2.78. The van der Waals surface area contributed by atoms with Gasteiger partial charge in [-0.3, -0.25) is 9.97 Å². The van der Waals surface area contributed by atoms with Gasteiger partial charge in [-0.1, -0.05) is 12.1 Å². The van der Waals surface area contributed by atoms with Gasteiger partial charge >= 0.3 is 17.1 Å². The van der Waals surface area contributed by atoms with E-state index in [1.807, 2.05) is 12.1 Å². The summed E-state index contributed by atoms with van der Waals surface area (Å²) in [6.07, 6.45) is 7.74. The van der Waals surface area contributed by atoms with Crippen LogP contribution in [0.1, 0.15) is 24.0 Å². The second kappa shape index (κ2) is 38.7. The Kier molecular flexibility index (Phi) is 54.8. The SMILES string of the molecule is NCCN.NCCN.O.O.O.O.O=C([O-])CCc1cccnc1.O=C([O-])CCc1cccnc1.[Cu+2]. The molecule has 0 saturated carbocycles. The molecule has 209 valence electrons. The Morgan fingerprint density at radius 2 is 0.943 bits per heavy atom. The summed E-state index contributed by atoms with van der Waals surface area (Å²) in [6.45, 7) is 2.39. The Balaban J connectivity index is -0.0000000622. The number of carbonyl (C=O) groups is 2. The Bertz CT molecular complexity index is 599. The van der Waals surface area contributed by atoms with Crippen LogP contribution >= 0.6 is 0 Å². The minimum atomic E-state index is -1.02. The monoisotopic (exact) mass is 555 g/mol. The first-order valence-electron chi connectivity index (χ1n) is 9.38. The van der Waals surface area contributed by atoms with Crippen molar-refractivity contribution in [2.45, 2.75) is 25.7 Å². The third-order valence-corrected chi connectivity index (χ3v) is 3.01. The summed E-state index contributed by atoms with van der Waals surface area (Å²) in [5.41, 5.74) is 21.5. The third-order valence-electron chi connectivity index (χ3n) is 3.01. The minimum Gasteiger partial charge on any atom is -0.550 e. The molecule has 0 aromatic carbocycles. The molecule has 1 radical (unpaired) electrons. The molecule has 2 aromatic rings. The largest absolute Gasteiger partial charge is 2.00 e. The van der Waals surface area contributed by atoms with Gasteiger partial charge in [-0.2, -0.15) is 0 Å². The van der Waals surface area contributed by atoms with E-state index < -0.39 is 11.9 Å². The molecule has 0 aliphatic rings. The standard InChI is InChI=1S/2C8H9NO2.2C2H8N2.Cu.4H2O/c2*10-8(11)4-3-7-2-1-5-9-6-7;2*3-1-2-4;;;;;/h2*1-2,5-6H,3-4H2,(H,10,11);2*1-4H2;;4*1H2/q;;;;+2;;;;/p-2. The second-order valence-corrected chi connectivity index (χ2v) is 5.62. The number of hydrogen-bond donors (Lipinski definition) is 4. The molecular weight excluding hydrogens is 516 g/mol. The maximum atomic E-state index is 10.0. The number of nitrogens with two attached hydrogens (primary N) is 4. The Labute approximate surface area is 215 Å². The normalized spacial score (nSPS) is 7.66. The predicted molar refractivity (Wildman–Crippen MR) is 126 cm³/mol. The number of carbonyl (C=O) groups excluding carboxylic acids is 2. The fourth-order valence-electron chi connectivity index (χ4n) is 1.58. The molecule has 0 aliphatic heterocycles. The van der Waals surface area contributed by atoms with Gasteiger partial charge in [-0.15, -0.1) is 0 Å². The summed E-state index contributed by atoms with van der Waals surface area (Å²) in [5.74, 6) is -2.04. The van der Waals surface area contributed by atoms with Crippen LogP contribution in [-0.2, 0) is 39.5 Å². The van der Waals surface area contributed by atoms with Crippen LogP contribution in [0.2, 0.25) is 0 Å². The first-order valence-corrected chi connectivity index (χ1v) is 9.38. The number of carboxylic acids is 2. The van der Waals surface area contributed by atoms with Crippen molar-refractivity contribution < 1.29 is 58.8 Å². The van der Waals surface area contributed by atoms with Gasteiger partial charge in [0, 0.05) is 62.9 Å². The molecule has 2 aromatic heterocycles. The van der Waals surface area contributed by atoms with E-state index in [1.165, 1.54) is 0 Å². The average molecular weight is 556 g/mol. The van der Waals surface area contributed by atoms with Crippen molar-refractivity contribution in [3.8, 4) is 0 Å². The number of pyridine rings is 2. The number of rotatable bonds is 8. The van der Waals surface area contributed by atoms with Crippen molar-refractivity contribution in [1.82, 2.24) is 9.97 Å².